The van der Waals surface area contributed by atoms with Crippen molar-refractivity contribution in [1.29, 1.82) is 0 Å². The zero-order valence-corrected chi connectivity index (χ0v) is 19.0. The molecule has 0 amide bonds. The summed E-state index contributed by atoms with van der Waals surface area (Å²) >= 11 is 0. The minimum atomic E-state index is 0.145. The van der Waals surface area contributed by atoms with E-state index in [1.54, 1.807) is 21.3 Å². The fraction of sp³-hybridized carbons (Fsp3) is 0.375. The number of ether oxygens (including phenoxy) is 2. The first-order valence-corrected chi connectivity index (χ1v) is 10.4. The lowest BCUT2D eigenvalue weighted by Crippen LogP contribution is -2.42. The van der Waals surface area contributed by atoms with E-state index >= 15 is 0 Å². The molecule has 0 radical (unpaired) electrons. The number of aromatic nitrogens is 1. The molecule has 3 aromatic rings. The number of guanidine groups is 1. The highest BCUT2D eigenvalue weighted by Gasteiger charge is 2.17. The molecule has 0 fully saturated rings. The van der Waals surface area contributed by atoms with E-state index in [1.165, 1.54) is 16.5 Å². The molecule has 0 bridgehead atoms. The molecule has 0 aliphatic heterocycles. The van der Waals surface area contributed by atoms with E-state index in [2.05, 4.69) is 70.1 Å². The molecule has 1 unspecified atom stereocenters. The molecule has 31 heavy (non-hydrogen) atoms. The largest absolute Gasteiger partial charge is 0.493 e. The number of nitrogens with zero attached hydrogens (tertiary/aromatic N) is 2. The Labute approximate surface area is 184 Å². The van der Waals surface area contributed by atoms with Crippen LogP contribution in [0.5, 0.6) is 11.5 Å². The number of para-hydroxylation sites is 1. The second-order valence-electron chi connectivity index (χ2n) is 7.58. The van der Waals surface area contributed by atoms with Crippen LogP contribution in [-0.4, -0.2) is 64.3 Å². The molecule has 0 saturated carbocycles. The van der Waals surface area contributed by atoms with Crippen molar-refractivity contribution in [2.75, 3.05) is 48.5 Å². The van der Waals surface area contributed by atoms with Gasteiger partial charge in [0.05, 0.1) is 20.3 Å². The Morgan fingerprint density at radius 3 is 2.55 bits per heavy atom. The molecule has 3 rings (SSSR count). The molecule has 0 aliphatic carbocycles. The normalized spacial score (nSPS) is 12.8. The number of nitrogens with one attached hydrogen (secondary N) is 3. The first kappa shape index (κ1) is 22.5. The zero-order valence-electron chi connectivity index (χ0n) is 19.0. The van der Waals surface area contributed by atoms with Crippen molar-refractivity contribution in [3.05, 3.63) is 59.8 Å². The zero-order chi connectivity index (χ0) is 22.2. The fourth-order valence-corrected chi connectivity index (χ4v) is 3.73. The third-order valence-electron chi connectivity index (χ3n) is 5.46. The van der Waals surface area contributed by atoms with Crippen molar-refractivity contribution >= 4 is 16.9 Å². The van der Waals surface area contributed by atoms with Crippen LogP contribution in [0.15, 0.2) is 53.7 Å². The summed E-state index contributed by atoms with van der Waals surface area (Å²) in [6.45, 7) is 1.50. The van der Waals surface area contributed by atoms with Gasteiger partial charge in [0.25, 0.3) is 0 Å². The van der Waals surface area contributed by atoms with E-state index < -0.39 is 0 Å². The predicted octanol–water partition coefficient (Wildman–Crippen LogP) is 3.20. The van der Waals surface area contributed by atoms with Gasteiger partial charge in [0.1, 0.15) is 0 Å². The Morgan fingerprint density at radius 1 is 1.06 bits per heavy atom. The second-order valence-corrected chi connectivity index (χ2v) is 7.58. The molecule has 1 atom stereocenters. The standard InChI is InChI=1S/C24H33N5O2/c1-25-24(26-13-12-18-15-27-20-9-7-6-8-19(18)20)28-16-21(29(2)3)17-10-11-22(30-4)23(14-17)31-5/h6-11,14-15,21,27H,12-13,16H2,1-5H3,(H2,25,26,28). The van der Waals surface area contributed by atoms with Gasteiger partial charge < -0.3 is 30.0 Å². The summed E-state index contributed by atoms with van der Waals surface area (Å²) in [6, 6.07) is 14.6. The van der Waals surface area contributed by atoms with E-state index in [0.717, 1.165) is 36.0 Å². The lowest BCUT2D eigenvalue weighted by Gasteiger charge is -2.26. The molecular weight excluding hydrogens is 390 g/mol. The Morgan fingerprint density at radius 2 is 1.84 bits per heavy atom. The smallest absolute Gasteiger partial charge is 0.191 e. The van der Waals surface area contributed by atoms with E-state index in [9.17, 15) is 0 Å². The fourth-order valence-electron chi connectivity index (χ4n) is 3.73. The van der Waals surface area contributed by atoms with Gasteiger partial charge in [0.15, 0.2) is 17.5 Å². The van der Waals surface area contributed by atoms with Gasteiger partial charge in [-0.3, -0.25) is 4.99 Å². The number of rotatable bonds is 9. The van der Waals surface area contributed by atoms with Crippen LogP contribution in [0.3, 0.4) is 0 Å². The second kappa shape index (κ2) is 10.7. The third-order valence-corrected chi connectivity index (χ3v) is 5.46. The maximum absolute atomic E-state index is 5.47. The van der Waals surface area contributed by atoms with Crippen LogP contribution in [0.1, 0.15) is 17.2 Å². The van der Waals surface area contributed by atoms with Crippen LogP contribution in [0.25, 0.3) is 10.9 Å². The van der Waals surface area contributed by atoms with E-state index in [0.29, 0.717) is 6.54 Å². The van der Waals surface area contributed by atoms with Gasteiger partial charge in [-0.25, -0.2) is 0 Å². The lowest BCUT2D eigenvalue weighted by atomic mass is 10.1. The van der Waals surface area contributed by atoms with Crippen LogP contribution in [0.2, 0.25) is 0 Å². The highest BCUT2D eigenvalue weighted by Crippen LogP contribution is 2.31. The number of likely N-dealkylation sites (N-methyl/N-ethyl adjacent to an activating group) is 1. The summed E-state index contributed by atoms with van der Waals surface area (Å²) in [7, 11) is 9.23. The Hall–Kier alpha value is -3.19. The number of H-pyrrole nitrogens is 1. The summed E-state index contributed by atoms with van der Waals surface area (Å²) < 4.78 is 10.8. The van der Waals surface area contributed by atoms with E-state index in [4.69, 9.17) is 9.47 Å². The Balaban J connectivity index is 1.59. The first-order valence-electron chi connectivity index (χ1n) is 10.4. The van der Waals surface area contributed by atoms with E-state index in [-0.39, 0.29) is 6.04 Å². The first-order chi connectivity index (χ1) is 15.1. The van der Waals surface area contributed by atoms with Gasteiger partial charge in [-0.05, 0) is 49.8 Å². The number of aromatic amines is 1. The summed E-state index contributed by atoms with van der Waals surface area (Å²) in [5.41, 5.74) is 3.61. The molecule has 0 aliphatic rings. The lowest BCUT2D eigenvalue weighted by molar-refractivity contribution is 0.295. The van der Waals surface area contributed by atoms with Crippen molar-refractivity contribution in [1.82, 2.24) is 20.5 Å². The minimum Gasteiger partial charge on any atom is -0.493 e. The summed E-state index contributed by atoms with van der Waals surface area (Å²) in [6.07, 6.45) is 3.00. The quantitative estimate of drug-likeness (QED) is 0.364. The Kier molecular flexibility index (Phi) is 7.78. The highest BCUT2D eigenvalue weighted by atomic mass is 16.5. The highest BCUT2D eigenvalue weighted by molar-refractivity contribution is 5.83. The van der Waals surface area contributed by atoms with Crippen molar-refractivity contribution in [2.24, 2.45) is 4.99 Å². The molecule has 7 heteroatoms. The number of fused-ring (bicyclic) bond motifs is 1. The molecule has 1 aromatic heterocycles. The van der Waals surface area contributed by atoms with Gasteiger partial charge in [0, 0.05) is 37.2 Å². The third kappa shape index (κ3) is 5.49. The van der Waals surface area contributed by atoms with Crippen LogP contribution in [0.4, 0.5) is 0 Å². The molecule has 166 valence electrons. The average molecular weight is 424 g/mol. The molecule has 0 spiro atoms. The van der Waals surface area contributed by atoms with Gasteiger partial charge in [-0.2, -0.15) is 0 Å². The van der Waals surface area contributed by atoms with Crippen molar-refractivity contribution < 1.29 is 9.47 Å². The molecule has 7 nitrogen and oxygen atoms in total. The van der Waals surface area contributed by atoms with Gasteiger partial charge in [0.2, 0.25) is 0 Å². The van der Waals surface area contributed by atoms with Crippen LogP contribution < -0.4 is 20.1 Å². The average Bonchev–Trinajstić information content (AvgIpc) is 3.20. The van der Waals surface area contributed by atoms with Gasteiger partial charge in [-0.1, -0.05) is 24.3 Å². The number of methoxy groups -OCH3 is 2. The summed E-state index contributed by atoms with van der Waals surface area (Å²) in [5, 5.41) is 8.14. The van der Waals surface area contributed by atoms with Crippen LogP contribution >= 0.6 is 0 Å². The van der Waals surface area contributed by atoms with Crippen molar-refractivity contribution in [2.45, 2.75) is 12.5 Å². The molecule has 0 saturated heterocycles. The van der Waals surface area contributed by atoms with E-state index in [1.807, 2.05) is 18.2 Å². The van der Waals surface area contributed by atoms with Crippen LogP contribution in [0, 0.1) is 0 Å². The minimum absolute atomic E-state index is 0.145. The number of aliphatic imine (C=N–C) groups is 1. The van der Waals surface area contributed by atoms with Crippen molar-refractivity contribution in [3.8, 4) is 11.5 Å². The van der Waals surface area contributed by atoms with Gasteiger partial charge in [-0.15, -0.1) is 0 Å². The van der Waals surface area contributed by atoms with Crippen LogP contribution in [-0.2, 0) is 6.42 Å². The SMILES string of the molecule is CN=C(NCCc1c[nH]c2ccccc12)NCC(c1ccc(OC)c(OC)c1)N(C)C. The predicted molar refractivity (Wildman–Crippen MR) is 127 cm³/mol. The Bertz CT molecular complexity index is 1010. The monoisotopic (exact) mass is 423 g/mol. The van der Waals surface area contributed by atoms with Gasteiger partial charge >= 0.3 is 0 Å². The topological polar surface area (TPSA) is 73.9 Å². The molecule has 3 N–H and O–H groups in total. The molecular formula is C24H33N5O2. The summed E-state index contributed by atoms with van der Waals surface area (Å²) in [5.74, 6) is 2.24. The number of benzene rings is 2. The maximum atomic E-state index is 5.47. The summed E-state index contributed by atoms with van der Waals surface area (Å²) in [4.78, 5) is 9.88. The molecule has 2 aromatic carbocycles. The maximum Gasteiger partial charge on any atom is 0.191 e. The number of hydrogen-bond acceptors (Lipinski definition) is 4. The molecule has 1 heterocycles. The van der Waals surface area contributed by atoms with Crippen molar-refractivity contribution in [3.63, 3.8) is 0 Å². The number of hydrogen-bond donors (Lipinski definition) is 3.